The Bertz CT molecular complexity index is 1040. The van der Waals surface area contributed by atoms with Crippen LogP contribution in [-0.2, 0) is 0 Å². The summed E-state index contributed by atoms with van der Waals surface area (Å²) in [6, 6.07) is 21.3. The highest BCUT2D eigenvalue weighted by molar-refractivity contribution is 6.09. The van der Waals surface area contributed by atoms with Gasteiger partial charge in [-0.1, -0.05) is 42.0 Å². The van der Waals surface area contributed by atoms with Crippen molar-refractivity contribution in [2.75, 3.05) is 12.4 Å². The topological polar surface area (TPSA) is 79.8 Å². The first kappa shape index (κ1) is 19.8. The molecule has 6 nitrogen and oxygen atoms in total. The molecule has 2 amide bonds. The van der Waals surface area contributed by atoms with Crippen LogP contribution < -0.4 is 15.5 Å². The Morgan fingerprint density at radius 3 is 2.45 bits per heavy atom. The lowest BCUT2D eigenvalue weighted by Gasteiger charge is -2.10. The molecule has 3 aromatic carbocycles. The van der Waals surface area contributed by atoms with Gasteiger partial charge in [-0.3, -0.25) is 9.59 Å². The van der Waals surface area contributed by atoms with Crippen molar-refractivity contribution in [1.82, 2.24) is 5.43 Å². The lowest BCUT2D eigenvalue weighted by atomic mass is 10.1. The summed E-state index contributed by atoms with van der Waals surface area (Å²) in [5, 5.41) is 6.77. The number of aryl methyl sites for hydroxylation is 1. The Hall–Kier alpha value is -3.93. The van der Waals surface area contributed by atoms with Crippen molar-refractivity contribution in [3.63, 3.8) is 0 Å². The molecule has 0 aromatic heterocycles. The number of carbonyl (C=O) groups excluding carboxylic acids is 2. The summed E-state index contributed by atoms with van der Waals surface area (Å²) in [4.78, 5) is 25.0. The molecular formula is C23H21N3O3. The summed E-state index contributed by atoms with van der Waals surface area (Å²) in [5.41, 5.74) is 5.57. The van der Waals surface area contributed by atoms with Gasteiger partial charge in [-0.05, 0) is 48.9 Å². The predicted octanol–water partition coefficient (Wildman–Crippen LogP) is 4.02. The zero-order valence-electron chi connectivity index (χ0n) is 16.2. The number of carbonyl (C=O) groups is 2. The van der Waals surface area contributed by atoms with Gasteiger partial charge in [0.15, 0.2) is 0 Å². The first-order valence-electron chi connectivity index (χ1n) is 9.01. The van der Waals surface area contributed by atoms with Crippen molar-refractivity contribution in [3.8, 4) is 5.75 Å². The SMILES string of the molecule is COc1cccc(/C=N\NC(=O)c2ccccc2NC(=O)c2ccc(C)cc2)c1. The monoisotopic (exact) mass is 387 g/mol. The standard InChI is InChI=1S/C23H21N3O3/c1-16-10-12-18(13-11-16)22(27)25-21-9-4-3-8-20(21)23(28)26-24-15-17-6-5-7-19(14-17)29-2/h3-15H,1-2H3,(H,25,27)(H,26,28)/b24-15-. The molecule has 0 radical (unpaired) electrons. The van der Waals surface area contributed by atoms with E-state index in [2.05, 4.69) is 15.8 Å². The van der Waals surface area contributed by atoms with Crippen LogP contribution in [0.1, 0.15) is 31.8 Å². The minimum atomic E-state index is -0.427. The van der Waals surface area contributed by atoms with Gasteiger partial charge < -0.3 is 10.1 Å². The normalized spacial score (nSPS) is 10.6. The molecule has 0 aliphatic carbocycles. The molecule has 0 spiro atoms. The Labute approximate surface area is 169 Å². The van der Waals surface area contributed by atoms with Crippen LogP contribution in [0, 0.1) is 6.92 Å². The van der Waals surface area contributed by atoms with Crippen LogP contribution in [0.15, 0.2) is 77.9 Å². The average Bonchev–Trinajstić information content (AvgIpc) is 2.74. The molecule has 0 bridgehead atoms. The highest BCUT2D eigenvalue weighted by Gasteiger charge is 2.13. The highest BCUT2D eigenvalue weighted by atomic mass is 16.5. The van der Waals surface area contributed by atoms with E-state index in [4.69, 9.17) is 4.74 Å². The summed E-state index contributed by atoms with van der Waals surface area (Å²) >= 11 is 0. The molecular weight excluding hydrogens is 366 g/mol. The number of nitrogens with one attached hydrogen (secondary N) is 2. The van der Waals surface area contributed by atoms with Crippen LogP contribution in [0.3, 0.4) is 0 Å². The second-order valence-corrected chi connectivity index (χ2v) is 6.34. The van der Waals surface area contributed by atoms with Crippen molar-refractivity contribution in [2.45, 2.75) is 6.92 Å². The molecule has 0 unspecified atom stereocenters. The van der Waals surface area contributed by atoms with Crippen molar-refractivity contribution in [3.05, 3.63) is 95.1 Å². The third-order valence-corrected chi connectivity index (χ3v) is 4.21. The van der Waals surface area contributed by atoms with Gasteiger partial charge >= 0.3 is 0 Å². The Kier molecular flexibility index (Phi) is 6.37. The van der Waals surface area contributed by atoms with Crippen LogP contribution in [-0.4, -0.2) is 25.1 Å². The van der Waals surface area contributed by atoms with Crippen molar-refractivity contribution >= 4 is 23.7 Å². The molecule has 146 valence electrons. The average molecular weight is 387 g/mol. The van der Waals surface area contributed by atoms with E-state index in [-0.39, 0.29) is 5.91 Å². The van der Waals surface area contributed by atoms with E-state index in [0.717, 1.165) is 11.1 Å². The number of benzene rings is 3. The van der Waals surface area contributed by atoms with Crippen molar-refractivity contribution in [1.29, 1.82) is 0 Å². The summed E-state index contributed by atoms with van der Waals surface area (Å²) < 4.78 is 5.16. The van der Waals surface area contributed by atoms with Gasteiger partial charge in [0.1, 0.15) is 5.75 Å². The third kappa shape index (κ3) is 5.29. The smallest absolute Gasteiger partial charge is 0.273 e. The zero-order chi connectivity index (χ0) is 20.6. The fraction of sp³-hybridized carbons (Fsp3) is 0.0870. The number of methoxy groups -OCH3 is 1. The van der Waals surface area contributed by atoms with Gasteiger partial charge in [-0.15, -0.1) is 0 Å². The van der Waals surface area contributed by atoms with Crippen LogP contribution >= 0.6 is 0 Å². The number of ether oxygens (including phenoxy) is 1. The van der Waals surface area contributed by atoms with E-state index in [1.54, 1.807) is 49.6 Å². The molecule has 3 rings (SSSR count). The predicted molar refractivity (Wildman–Crippen MR) is 114 cm³/mol. The molecule has 6 heteroatoms. The van der Waals surface area contributed by atoms with Gasteiger partial charge in [-0.2, -0.15) is 5.10 Å². The Balaban J connectivity index is 1.70. The first-order chi connectivity index (χ1) is 14.1. The molecule has 0 saturated carbocycles. The fourth-order valence-corrected chi connectivity index (χ4v) is 2.64. The van der Waals surface area contributed by atoms with Crippen molar-refractivity contribution in [2.24, 2.45) is 5.10 Å². The molecule has 3 aromatic rings. The maximum absolute atomic E-state index is 12.5. The van der Waals surface area contributed by atoms with Crippen LogP contribution in [0.5, 0.6) is 5.75 Å². The van der Waals surface area contributed by atoms with Crippen LogP contribution in [0.4, 0.5) is 5.69 Å². The number of hydrogen-bond donors (Lipinski definition) is 2. The zero-order valence-corrected chi connectivity index (χ0v) is 16.2. The van der Waals surface area contributed by atoms with Gasteiger partial charge in [0, 0.05) is 5.56 Å². The van der Waals surface area contributed by atoms with E-state index in [9.17, 15) is 9.59 Å². The van der Waals surface area contributed by atoms with E-state index in [0.29, 0.717) is 22.6 Å². The summed E-state index contributed by atoms with van der Waals surface area (Å²) in [6.45, 7) is 1.95. The first-order valence-corrected chi connectivity index (χ1v) is 9.01. The molecule has 29 heavy (non-hydrogen) atoms. The number of rotatable bonds is 6. The summed E-state index contributed by atoms with van der Waals surface area (Å²) in [6.07, 6.45) is 1.52. The van der Waals surface area contributed by atoms with E-state index in [1.165, 1.54) is 6.21 Å². The quantitative estimate of drug-likeness (QED) is 0.495. The molecule has 0 atom stereocenters. The lowest BCUT2D eigenvalue weighted by molar-refractivity contribution is 0.0956. The molecule has 0 saturated heterocycles. The molecule has 0 fully saturated rings. The molecule has 0 heterocycles. The number of anilines is 1. The highest BCUT2D eigenvalue weighted by Crippen LogP contribution is 2.17. The molecule has 0 aliphatic heterocycles. The second-order valence-electron chi connectivity index (χ2n) is 6.34. The van der Waals surface area contributed by atoms with Crippen molar-refractivity contribution < 1.29 is 14.3 Å². The number of hydrazone groups is 1. The summed E-state index contributed by atoms with van der Waals surface area (Å²) in [5.74, 6) is -0.0153. The van der Waals surface area contributed by atoms with E-state index >= 15 is 0 Å². The Morgan fingerprint density at radius 2 is 1.69 bits per heavy atom. The van der Waals surface area contributed by atoms with Crippen LogP contribution in [0.2, 0.25) is 0 Å². The largest absolute Gasteiger partial charge is 0.497 e. The maximum Gasteiger partial charge on any atom is 0.273 e. The second kappa shape index (κ2) is 9.32. The van der Waals surface area contributed by atoms with E-state index < -0.39 is 5.91 Å². The number of hydrogen-bond acceptors (Lipinski definition) is 4. The minimum absolute atomic E-state index is 0.287. The van der Waals surface area contributed by atoms with Gasteiger partial charge in [-0.25, -0.2) is 5.43 Å². The Morgan fingerprint density at radius 1 is 0.931 bits per heavy atom. The number of amides is 2. The number of nitrogens with zero attached hydrogens (tertiary/aromatic N) is 1. The lowest BCUT2D eigenvalue weighted by Crippen LogP contribution is -2.21. The molecule has 2 N–H and O–H groups in total. The fourth-order valence-electron chi connectivity index (χ4n) is 2.64. The number of para-hydroxylation sites is 1. The minimum Gasteiger partial charge on any atom is -0.497 e. The van der Waals surface area contributed by atoms with Gasteiger partial charge in [0.05, 0.1) is 24.6 Å². The summed E-state index contributed by atoms with van der Waals surface area (Å²) in [7, 11) is 1.58. The van der Waals surface area contributed by atoms with Gasteiger partial charge in [0.25, 0.3) is 11.8 Å². The maximum atomic E-state index is 12.5. The van der Waals surface area contributed by atoms with Gasteiger partial charge in [0.2, 0.25) is 0 Å². The van der Waals surface area contributed by atoms with E-state index in [1.807, 2.05) is 37.3 Å². The van der Waals surface area contributed by atoms with Crippen LogP contribution in [0.25, 0.3) is 0 Å². The third-order valence-electron chi connectivity index (χ3n) is 4.21. The molecule has 0 aliphatic rings.